The van der Waals surface area contributed by atoms with Gasteiger partial charge in [-0.3, -0.25) is 9.36 Å². The Morgan fingerprint density at radius 1 is 0.974 bits per heavy atom. The third-order valence-corrected chi connectivity index (χ3v) is 7.01. The molecule has 4 rings (SSSR count). The predicted octanol–water partition coefficient (Wildman–Crippen LogP) is 3.22. The number of fused-ring (bicyclic) bond motifs is 1. The molecule has 0 N–H and O–H groups in total. The molecule has 0 radical (unpaired) electrons. The molecule has 1 aromatic heterocycles. The first-order valence-corrected chi connectivity index (χ1v) is 12.9. The van der Waals surface area contributed by atoms with Crippen LogP contribution < -0.4 is 33.8 Å². The van der Waals surface area contributed by atoms with Crippen LogP contribution in [0.1, 0.15) is 37.9 Å². The van der Waals surface area contributed by atoms with Crippen molar-refractivity contribution >= 4 is 23.4 Å². The number of carbonyl (C=O) groups is 1. The van der Waals surface area contributed by atoms with Gasteiger partial charge in [0.15, 0.2) is 27.8 Å². The highest BCUT2D eigenvalue weighted by Gasteiger charge is 2.34. The summed E-state index contributed by atoms with van der Waals surface area (Å²) in [6.07, 6.45) is 1.77. The molecular weight excluding hydrogens is 508 g/mol. The van der Waals surface area contributed by atoms with Gasteiger partial charge in [0.2, 0.25) is 0 Å². The van der Waals surface area contributed by atoms with Crippen LogP contribution in [0.15, 0.2) is 57.5 Å². The average molecular weight is 539 g/mol. The zero-order valence-electron chi connectivity index (χ0n) is 22.2. The molecule has 0 saturated carbocycles. The van der Waals surface area contributed by atoms with Crippen LogP contribution in [0.25, 0.3) is 6.08 Å². The van der Waals surface area contributed by atoms with E-state index in [9.17, 15) is 9.59 Å². The topological polar surface area (TPSA) is 97.6 Å². The van der Waals surface area contributed by atoms with Crippen molar-refractivity contribution in [2.75, 3.05) is 34.5 Å². The maximum Gasteiger partial charge on any atom is 0.338 e. The number of methoxy groups -OCH3 is 3. The van der Waals surface area contributed by atoms with Crippen molar-refractivity contribution in [3.8, 4) is 23.0 Å². The van der Waals surface area contributed by atoms with Crippen molar-refractivity contribution in [3.05, 3.63) is 78.5 Å². The Labute approximate surface area is 224 Å². The molecule has 200 valence electrons. The summed E-state index contributed by atoms with van der Waals surface area (Å²) >= 11 is 1.25. The molecule has 0 aliphatic carbocycles. The second-order valence-electron chi connectivity index (χ2n) is 8.26. The van der Waals surface area contributed by atoms with Gasteiger partial charge in [0, 0.05) is 0 Å². The summed E-state index contributed by atoms with van der Waals surface area (Å²) in [5.74, 6) is 1.67. The molecule has 0 saturated heterocycles. The molecule has 1 aliphatic heterocycles. The van der Waals surface area contributed by atoms with Crippen molar-refractivity contribution in [3.63, 3.8) is 0 Å². The number of benzene rings is 2. The first-order chi connectivity index (χ1) is 18.4. The maximum absolute atomic E-state index is 13.8. The van der Waals surface area contributed by atoms with E-state index in [0.29, 0.717) is 55.8 Å². The minimum atomic E-state index is -0.761. The lowest BCUT2D eigenvalue weighted by molar-refractivity contribution is -0.139. The molecule has 10 heteroatoms. The molecule has 38 heavy (non-hydrogen) atoms. The summed E-state index contributed by atoms with van der Waals surface area (Å²) in [6, 6.07) is 10.0. The fraction of sp³-hybridized carbons (Fsp3) is 0.321. The monoisotopic (exact) mass is 538 g/mol. The Morgan fingerprint density at radius 3 is 2.32 bits per heavy atom. The molecule has 0 spiro atoms. The molecule has 1 aliphatic rings. The van der Waals surface area contributed by atoms with Crippen LogP contribution in [0, 0.1) is 0 Å². The minimum absolute atomic E-state index is 0.193. The van der Waals surface area contributed by atoms with E-state index in [2.05, 4.69) is 4.99 Å². The van der Waals surface area contributed by atoms with Crippen molar-refractivity contribution in [2.45, 2.75) is 26.8 Å². The summed E-state index contributed by atoms with van der Waals surface area (Å²) in [6.45, 7) is 5.98. The smallest absolute Gasteiger partial charge is 0.338 e. The SMILES string of the molecule is CCOC(=O)C1=C(C)N=c2sc(=Cc3ccc(OC)c(OC)c3)c(=O)n2[C@H]1c1ccc(OC)c(OCC)c1. The lowest BCUT2D eigenvalue weighted by Crippen LogP contribution is -2.40. The molecule has 1 atom stereocenters. The predicted molar refractivity (Wildman–Crippen MR) is 144 cm³/mol. The summed E-state index contributed by atoms with van der Waals surface area (Å²) in [7, 11) is 4.68. The van der Waals surface area contributed by atoms with Gasteiger partial charge in [-0.1, -0.05) is 23.5 Å². The van der Waals surface area contributed by atoms with E-state index in [4.69, 9.17) is 23.7 Å². The van der Waals surface area contributed by atoms with Crippen LogP contribution in [0.2, 0.25) is 0 Å². The summed E-state index contributed by atoms with van der Waals surface area (Å²) < 4.78 is 29.3. The zero-order chi connectivity index (χ0) is 27.4. The fourth-order valence-corrected chi connectivity index (χ4v) is 5.38. The van der Waals surface area contributed by atoms with Gasteiger partial charge in [0.05, 0.1) is 56.4 Å². The van der Waals surface area contributed by atoms with Crippen LogP contribution in [-0.4, -0.2) is 45.1 Å². The fourth-order valence-electron chi connectivity index (χ4n) is 4.33. The second kappa shape index (κ2) is 11.6. The van der Waals surface area contributed by atoms with Crippen molar-refractivity contribution in [2.24, 2.45) is 4.99 Å². The first-order valence-electron chi connectivity index (χ1n) is 12.1. The number of nitrogens with zero attached hydrogens (tertiary/aromatic N) is 2. The van der Waals surface area contributed by atoms with Crippen molar-refractivity contribution in [1.82, 2.24) is 4.57 Å². The lowest BCUT2D eigenvalue weighted by Gasteiger charge is -2.25. The highest BCUT2D eigenvalue weighted by Crippen LogP contribution is 2.36. The van der Waals surface area contributed by atoms with Crippen LogP contribution in [-0.2, 0) is 9.53 Å². The number of hydrogen-bond donors (Lipinski definition) is 0. The molecule has 0 unspecified atom stereocenters. The Hall–Kier alpha value is -4.05. The minimum Gasteiger partial charge on any atom is -0.493 e. The largest absolute Gasteiger partial charge is 0.493 e. The Bertz CT molecular complexity index is 1570. The molecule has 9 nitrogen and oxygen atoms in total. The van der Waals surface area contributed by atoms with Gasteiger partial charge >= 0.3 is 5.97 Å². The van der Waals surface area contributed by atoms with E-state index in [1.54, 1.807) is 65.5 Å². The lowest BCUT2D eigenvalue weighted by atomic mass is 9.95. The van der Waals surface area contributed by atoms with E-state index >= 15 is 0 Å². The average Bonchev–Trinajstić information content (AvgIpc) is 3.21. The van der Waals surface area contributed by atoms with Gasteiger partial charge in [0.25, 0.3) is 5.56 Å². The molecule has 2 aromatic carbocycles. The Morgan fingerprint density at radius 2 is 1.66 bits per heavy atom. The number of ether oxygens (including phenoxy) is 5. The van der Waals surface area contributed by atoms with Gasteiger partial charge in [0.1, 0.15) is 0 Å². The summed E-state index contributed by atoms with van der Waals surface area (Å²) in [5.41, 5.74) is 1.93. The first kappa shape index (κ1) is 27.0. The van der Waals surface area contributed by atoms with Gasteiger partial charge in [-0.25, -0.2) is 9.79 Å². The van der Waals surface area contributed by atoms with E-state index < -0.39 is 12.0 Å². The number of rotatable bonds is 9. The van der Waals surface area contributed by atoms with Crippen LogP contribution in [0.5, 0.6) is 23.0 Å². The Kier molecular flexibility index (Phi) is 8.21. The molecule has 0 fully saturated rings. The Balaban J connectivity index is 1.94. The van der Waals surface area contributed by atoms with Gasteiger partial charge in [-0.05, 0) is 62.2 Å². The van der Waals surface area contributed by atoms with E-state index in [-0.39, 0.29) is 12.2 Å². The van der Waals surface area contributed by atoms with Crippen molar-refractivity contribution in [1.29, 1.82) is 0 Å². The standard InChI is InChI=1S/C28H30N2O7S/c1-7-36-22-15-18(10-12-20(22)34-5)25-24(27(32)37-8-2)16(3)29-28-30(25)26(31)23(38-28)14-17-9-11-19(33-4)21(13-17)35-6/h9-15,25H,7-8H2,1-6H3/t25-/m0/s1. The van der Waals surface area contributed by atoms with Gasteiger partial charge in [-0.15, -0.1) is 0 Å². The maximum atomic E-state index is 13.8. The number of hydrogen-bond acceptors (Lipinski definition) is 9. The number of esters is 1. The van der Waals surface area contributed by atoms with Crippen LogP contribution in [0.4, 0.5) is 0 Å². The van der Waals surface area contributed by atoms with E-state index in [1.165, 1.54) is 15.9 Å². The molecular formula is C28H30N2O7S. The van der Waals surface area contributed by atoms with Gasteiger partial charge < -0.3 is 23.7 Å². The summed E-state index contributed by atoms with van der Waals surface area (Å²) in [4.78, 5) is 32.1. The third-order valence-electron chi connectivity index (χ3n) is 6.03. The number of thiazole rings is 1. The highest BCUT2D eigenvalue weighted by atomic mass is 32.1. The highest BCUT2D eigenvalue weighted by molar-refractivity contribution is 7.07. The number of allylic oxidation sites excluding steroid dienone is 1. The van der Waals surface area contributed by atoms with Gasteiger partial charge in [-0.2, -0.15) is 0 Å². The zero-order valence-corrected chi connectivity index (χ0v) is 23.0. The number of carbonyl (C=O) groups excluding carboxylic acids is 1. The number of aromatic nitrogens is 1. The van der Waals surface area contributed by atoms with E-state index in [1.807, 2.05) is 19.1 Å². The van der Waals surface area contributed by atoms with E-state index in [0.717, 1.165) is 5.56 Å². The molecule has 2 heterocycles. The second-order valence-corrected chi connectivity index (χ2v) is 9.27. The molecule has 3 aromatic rings. The molecule has 0 amide bonds. The normalized spacial score (nSPS) is 15.0. The third kappa shape index (κ3) is 5.04. The van der Waals surface area contributed by atoms with Crippen molar-refractivity contribution < 1.29 is 28.5 Å². The summed E-state index contributed by atoms with van der Waals surface area (Å²) in [5, 5.41) is 0. The van der Waals surface area contributed by atoms with Crippen LogP contribution in [0.3, 0.4) is 0 Å². The molecule has 0 bridgehead atoms. The van der Waals surface area contributed by atoms with Crippen LogP contribution >= 0.6 is 11.3 Å². The quantitative estimate of drug-likeness (QED) is 0.386.